The quantitative estimate of drug-likeness (QED) is 0.179. The first-order valence-corrected chi connectivity index (χ1v) is 17.3. The van der Waals surface area contributed by atoms with Crippen molar-refractivity contribution in [1.29, 1.82) is 5.26 Å². The normalized spacial score (nSPS) is 11.9. The van der Waals surface area contributed by atoms with E-state index in [9.17, 15) is 5.26 Å². The molecule has 0 aliphatic heterocycles. The van der Waals surface area contributed by atoms with E-state index in [0.717, 1.165) is 33.1 Å². The predicted molar refractivity (Wildman–Crippen MR) is 212 cm³/mol. The molecule has 2 heterocycles. The Labute approximate surface area is 293 Å². The fourth-order valence-corrected chi connectivity index (χ4v) is 8.64. The topological polar surface area (TPSA) is 41.6 Å². The van der Waals surface area contributed by atoms with Crippen LogP contribution in [0.15, 0.2) is 164 Å². The van der Waals surface area contributed by atoms with E-state index >= 15 is 0 Å². The molecule has 9 aromatic carbocycles. The zero-order valence-electron chi connectivity index (χ0n) is 27.4. The van der Waals surface area contributed by atoms with E-state index in [0.29, 0.717) is 5.56 Å². The number of nitrogens with zero attached hydrogens (tertiary/aromatic N) is 3. The Morgan fingerprint density at radius 1 is 0.451 bits per heavy atom. The minimum atomic E-state index is 0.700. The second kappa shape index (κ2) is 10.5. The molecule has 11 aromatic rings. The summed E-state index contributed by atoms with van der Waals surface area (Å²) in [5.74, 6) is 0. The van der Waals surface area contributed by atoms with Crippen molar-refractivity contribution in [3.05, 3.63) is 170 Å². The molecule has 0 unspecified atom stereocenters. The van der Waals surface area contributed by atoms with E-state index in [4.69, 9.17) is 0 Å². The number of hydrogen-bond acceptors (Lipinski definition) is 2. The van der Waals surface area contributed by atoms with Gasteiger partial charge in [-0.2, -0.15) is 5.26 Å². The highest BCUT2D eigenvalue weighted by atomic mass is 15.0. The summed E-state index contributed by atoms with van der Waals surface area (Å²) in [4.78, 5) is 4.41. The zero-order valence-corrected chi connectivity index (χ0v) is 27.4. The molecule has 0 fully saturated rings. The summed E-state index contributed by atoms with van der Waals surface area (Å²) in [5, 5.41) is 22.1. The molecular formula is C48H27N3. The van der Waals surface area contributed by atoms with Crippen molar-refractivity contribution >= 4 is 64.9 Å². The molecule has 0 radical (unpaired) electrons. The number of nitriles is 1. The highest BCUT2D eigenvalue weighted by Crippen LogP contribution is 2.45. The Hall–Kier alpha value is -7.02. The molecule has 0 bridgehead atoms. The van der Waals surface area contributed by atoms with Gasteiger partial charge in [0, 0.05) is 39.8 Å². The van der Waals surface area contributed by atoms with Crippen molar-refractivity contribution < 1.29 is 0 Å². The Balaban J connectivity index is 1.13. The number of rotatable bonds is 4. The van der Waals surface area contributed by atoms with E-state index in [2.05, 4.69) is 149 Å². The third-order valence-electron chi connectivity index (χ3n) is 10.9. The molecule has 11 rings (SSSR count). The SMILES string of the molecule is N#Cc1ccc2c3c1ccc1c(-c4cccc(-c5ccc6ccc7c(-c8cccnc8)ccc8ccc5c6c87)c4)ccc(c13)n2-c1ccccc1. The van der Waals surface area contributed by atoms with Crippen molar-refractivity contribution in [2.45, 2.75) is 0 Å². The number of aromatic nitrogens is 2. The average molecular weight is 646 g/mol. The van der Waals surface area contributed by atoms with Crippen LogP contribution in [0.2, 0.25) is 0 Å². The van der Waals surface area contributed by atoms with Crippen molar-refractivity contribution in [1.82, 2.24) is 9.55 Å². The van der Waals surface area contributed by atoms with E-state index in [1.807, 2.05) is 30.6 Å². The monoisotopic (exact) mass is 645 g/mol. The van der Waals surface area contributed by atoms with Gasteiger partial charge >= 0.3 is 0 Å². The fourth-order valence-electron chi connectivity index (χ4n) is 8.64. The van der Waals surface area contributed by atoms with Crippen molar-refractivity contribution in [3.63, 3.8) is 0 Å². The maximum absolute atomic E-state index is 10.0. The fraction of sp³-hybridized carbons (Fsp3) is 0. The Bertz CT molecular complexity index is 3180. The highest BCUT2D eigenvalue weighted by Gasteiger charge is 2.21. The third kappa shape index (κ3) is 3.90. The average Bonchev–Trinajstić information content (AvgIpc) is 3.54. The van der Waals surface area contributed by atoms with Crippen LogP contribution in [0.1, 0.15) is 5.56 Å². The molecule has 2 aromatic heterocycles. The maximum atomic E-state index is 10.0. The third-order valence-corrected chi connectivity index (χ3v) is 10.9. The Morgan fingerprint density at radius 3 is 1.67 bits per heavy atom. The van der Waals surface area contributed by atoms with Crippen LogP contribution in [-0.2, 0) is 0 Å². The molecule has 0 spiro atoms. The molecule has 3 nitrogen and oxygen atoms in total. The van der Waals surface area contributed by atoms with Gasteiger partial charge in [0.2, 0.25) is 0 Å². The van der Waals surface area contributed by atoms with E-state index in [-0.39, 0.29) is 0 Å². The van der Waals surface area contributed by atoms with Crippen LogP contribution in [0, 0.1) is 11.3 Å². The maximum Gasteiger partial charge on any atom is 0.0998 e. The predicted octanol–water partition coefficient (Wildman–Crippen LogP) is 12.5. The van der Waals surface area contributed by atoms with Gasteiger partial charge in [-0.05, 0) is 108 Å². The molecule has 0 N–H and O–H groups in total. The minimum Gasteiger partial charge on any atom is -0.309 e. The molecule has 0 saturated carbocycles. The van der Waals surface area contributed by atoms with Crippen LogP contribution in [0.25, 0.3) is 104 Å². The first-order chi connectivity index (χ1) is 25.3. The lowest BCUT2D eigenvalue weighted by Crippen LogP contribution is -1.93. The van der Waals surface area contributed by atoms with Crippen molar-refractivity contribution in [2.75, 3.05) is 0 Å². The van der Waals surface area contributed by atoms with Crippen molar-refractivity contribution in [2.24, 2.45) is 0 Å². The van der Waals surface area contributed by atoms with Gasteiger partial charge in [0.05, 0.1) is 22.7 Å². The highest BCUT2D eigenvalue weighted by molar-refractivity contribution is 6.29. The number of para-hydroxylation sites is 1. The molecule has 234 valence electrons. The number of hydrogen-bond donors (Lipinski definition) is 0. The lowest BCUT2D eigenvalue weighted by Gasteiger charge is -2.17. The summed E-state index contributed by atoms with van der Waals surface area (Å²) >= 11 is 0. The van der Waals surface area contributed by atoms with Gasteiger partial charge in [-0.15, -0.1) is 0 Å². The molecule has 0 atom stereocenters. The standard InChI is InChI=1S/C48H27N3/c49-27-33-15-23-43-47-39(33)20-21-42-37(22-24-44(48(42)47)51(43)35-9-2-1-3-10-35)32-7-4-6-31(26-32)36-16-11-29-14-19-41-38(34-8-5-25-50-28-34)17-12-30-13-18-40(36)45(29)46(30)41/h1-26,28H. The smallest absolute Gasteiger partial charge is 0.0998 e. The number of pyridine rings is 1. The van der Waals surface area contributed by atoms with Crippen LogP contribution in [0.5, 0.6) is 0 Å². The summed E-state index contributed by atoms with van der Waals surface area (Å²) in [6.07, 6.45) is 3.78. The second-order valence-electron chi connectivity index (χ2n) is 13.4. The molecule has 0 amide bonds. The molecule has 0 saturated heterocycles. The summed E-state index contributed by atoms with van der Waals surface area (Å²) in [6.45, 7) is 0. The largest absolute Gasteiger partial charge is 0.309 e. The molecule has 3 heteroatoms. The lowest BCUT2D eigenvalue weighted by molar-refractivity contribution is 1.18. The van der Waals surface area contributed by atoms with Crippen LogP contribution >= 0.6 is 0 Å². The van der Waals surface area contributed by atoms with Crippen LogP contribution < -0.4 is 0 Å². The first-order valence-electron chi connectivity index (χ1n) is 17.3. The van der Waals surface area contributed by atoms with Gasteiger partial charge in [-0.25, -0.2) is 0 Å². The Morgan fingerprint density at radius 2 is 1.00 bits per heavy atom. The van der Waals surface area contributed by atoms with Crippen molar-refractivity contribution in [3.8, 4) is 45.1 Å². The summed E-state index contributed by atoms with van der Waals surface area (Å²) < 4.78 is 2.33. The zero-order chi connectivity index (χ0) is 33.6. The Kier molecular flexibility index (Phi) is 5.73. The first kappa shape index (κ1) is 27.9. The van der Waals surface area contributed by atoms with Gasteiger partial charge in [0.15, 0.2) is 0 Å². The molecule has 0 aliphatic carbocycles. The van der Waals surface area contributed by atoms with Gasteiger partial charge in [-0.3, -0.25) is 4.98 Å². The lowest BCUT2D eigenvalue weighted by atomic mass is 9.87. The van der Waals surface area contributed by atoms with Gasteiger partial charge < -0.3 is 4.57 Å². The molecule has 0 aliphatic rings. The second-order valence-corrected chi connectivity index (χ2v) is 13.4. The number of benzene rings is 9. The van der Waals surface area contributed by atoms with E-state index in [1.165, 1.54) is 70.9 Å². The summed E-state index contributed by atoms with van der Waals surface area (Å²) in [7, 11) is 0. The van der Waals surface area contributed by atoms with Gasteiger partial charge in [0.25, 0.3) is 0 Å². The molecular weight excluding hydrogens is 619 g/mol. The summed E-state index contributed by atoms with van der Waals surface area (Å²) in [5.41, 5.74) is 11.1. The van der Waals surface area contributed by atoms with Crippen LogP contribution in [-0.4, -0.2) is 9.55 Å². The van der Waals surface area contributed by atoms with E-state index in [1.54, 1.807) is 0 Å². The summed E-state index contributed by atoms with van der Waals surface area (Å²) in [6, 6.07) is 57.0. The van der Waals surface area contributed by atoms with Crippen LogP contribution in [0.3, 0.4) is 0 Å². The van der Waals surface area contributed by atoms with Crippen LogP contribution in [0.4, 0.5) is 0 Å². The minimum absolute atomic E-state index is 0.700. The molecule has 51 heavy (non-hydrogen) atoms. The van der Waals surface area contributed by atoms with Gasteiger partial charge in [-0.1, -0.05) is 109 Å². The van der Waals surface area contributed by atoms with E-state index < -0.39 is 0 Å². The van der Waals surface area contributed by atoms with Gasteiger partial charge in [0.1, 0.15) is 0 Å².